The monoisotopic (exact) mass is 412 g/mol. The third-order valence-corrected chi connectivity index (χ3v) is 4.10. The Morgan fingerprint density at radius 2 is 1.82 bits per heavy atom. The molecule has 0 radical (unpaired) electrons. The summed E-state index contributed by atoms with van der Waals surface area (Å²) in [4.78, 5) is 20.9. The summed E-state index contributed by atoms with van der Waals surface area (Å²) in [5, 5.41) is 0.319. The first-order valence-electron chi connectivity index (χ1n) is 9.42. The number of nitrogens with zero attached hydrogens (tertiary/aromatic N) is 2. The number of methoxy groups -OCH3 is 1. The molecule has 158 valence electrons. The van der Waals surface area contributed by atoms with Gasteiger partial charge < -0.3 is 14.2 Å². The topological polar surface area (TPSA) is 70.0 Å². The molecule has 0 aromatic carbocycles. The van der Waals surface area contributed by atoms with E-state index in [1.54, 1.807) is 7.11 Å². The van der Waals surface area contributed by atoms with Gasteiger partial charge in [-0.3, -0.25) is 0 Å². The lowest BCUT2D eigenvalue weighted by atomic mass is 9.86. The molecule has 6 nitrogen and oxygen atoms in total. The molecule has 0 aliphatic rings. The Morgan fingerprint density at radius 3 is 2.36 bits per heavy atom. The first kappa shape index (κ1) is 24.4. The van der Waals surface area contributed by atoms with Crippen LogP contribution in [0.15, 0.2) is 11.1 Å². The summed E-state index contributed by atoms with van der Waals surface area (Å²) in [6.45, 7) is 14.5. The van der Waals surface area contributed by atoms with Crippen molar-refractivity contribution < 1.29 is 19.0 Å². The quantitative estimate of drug-likeness (QED) is 0.339. The van der Waals surface area contributed by atoms with Crippen molar-refractivity contribution in [3.8, 4) is 5.75 Å². The third-order valence-electron chi connectivity index (χ3n) is 3.83. The van der Waals surface area contributed by atoms with E-state index in [1.165, 1.54) is 0 Å². The lowest BCUT2D eigenvalue weighted by molar-refractivity contribution is 0.0602. The van der Waals surface area contributed by atoms with Gasteiger partial charge in [-0.1, -0.05) is 32.4 Å². The van der Waals surface area contributed by atoms with Crippen LogP contribution in [0.25, 0.3) is 0 Å². The zero-order valence-corrected chi connectivity index (χ0v) is 19.1. The highest BCUT2D eigenvalue weighted by molar-refractivity contribution is 6.30. The highest BCUT2D eigenvalue weighted by Crippen LogP contribution is 2.28. The van der Waals surface area contributed by atoms with Crippen molar-refractivity contribution in [3.05, 3.63) is 22.5 Å². The molecule has 1 aromatic rings. The first-order valence-corrected chi connectivity index (χ1v) is 9.80. The molecule has 28 heavy (non-hydrogen) atoms. The maximum Gasteiger partial charge on any atom is 0.434 e. The van der Waals surface area contributed by atoms with Crippen LogP contribution in [0.2, 0.25) is 5.15 Å². The molecule has 0 spiro atoms. The minimum atomic E-state index is -0.593. The van der Waals surface area contributed by atoms with Gasteiger partial charge in [-0.15, -0.1) is 0 Å². The van der Waals surface area contributed by atoms with Crippen LogP contribution in [0.1, 0.15) is 59.2 Å². The maximum atomic E-state index is 12.2. The van der Waals surface area contributed by atoms with Gasteiger partial charge in [-0.25, -0.2) is 9.78 Å². The van der Waals surface area contributed by atoms with Crippen LogP contribution in [0.5, 0.6) is 5.75 Å². The lowest BCUT2D eigenvalue weighted by Crippen LogP contribution is -2.27. The number of aryl methyl sites for hydroxylation is 1. The number of carbonyl (C=O) groups excluding carboxylic acids is 1. The van der Waals surface area contributed by atoms with Crippen molar-refractivity contribution in [2.24, 2.45) is 10.4 Å². The molecule has 0 saturated carbocycles. The fourth-order valence-corrected chi connectivity index (χ4v) is 2.55. The molecule has 1 amide bonds. The summed E-state index contributed by atoms with van der Waals surface area (Å²) in [6.07, 6.45) is 0.615. The van der Waals surface area contributed by atoms with E-state index in [1.807, 2.05) is 54.5 Å². The molecule has 1 heterocycles. The molecule has 7 heteroatoms. The van der Waals surface area contributed by atoms with E-state index in [-0.39, 0.29) is 5.41 Å². The summed E-state index contributed by atoms with van der Waals surface area (Å²) in [5.41, 5.74) is 1.48. The number of hydrogen-bond acceptors (Lipinski definition) is 5. The normalized spacial score (nSPS) is 12.8. The summed E-state index contributed by atoms with van der Waals surface area (Å²) in [6, 6.07) is 1.87. The summed E-state index contributed by atoms with van der Waals surface area (Å²) in [7, 11) is 1.65. The minimum absolute atomic E-state index is 0.317. The first-order chi connectivity index (χ1) is 12.8. The molecule has 0 saturated heterocycles. The average molecular weight is 413 g/mol. The number of halogens is 1. The van der Waals surface area contributed by atoms with E-state index in [9.17, 15) is 4.79 Å². The number of amides is 1. The number of ether oxygens (including phenoxy) is 3. The van der Waals surface area contributed by atoms with Crippen molar-refractivity contribution in [1.82, 2.24) is 4.98 Å². The van der Waals surface area contributed by atoms with Crippen LogP contribution < -0.4 is 4.74 Å². The van der Waals surface area contributed by atoms with Gasteiger partial charge in [0.2, 0.25) is 0 Å². The van der Waals surface area contributed by atoms with Crippen LogP contribution in [0, 0.1) is 12.3 Å². The van der Waals surface area contributed by atoms with Gasteiger partial charge in [0.15, 0.2) is 10.9 Å². The average Bonchev–Trinajstić information content (AvgIpc) is 2.51. The van der Waals surface area contributed by atoms with Crippen molar-refractivity contribution in [2.75, 3.05) is 20.3 Å². The molecule has 0 N–H and O–H groups in total. The second-order valence-corrected chi connectivity index (χ2v) is 9.04. The second-order valence-electron chi connectivity index (χ2n) is 8.68. The Hall–Kier alpha value is -1.66. The number of aromatic nitrogens is 1. The van der Waals surface area contributed by atoms with Crippen LogP contribution in [-0.2, 0) is 15.9 Å². The van der Waals surface area contributed by atoms with Crippen LogP contribution in [-0.4, -0.2) is 42.7 Å². The van der Waals surface area contributed by atoms with E-state index in [0.717, 1.165) is 17.7 Å². The number of hydrogen-bond donors (Lipinski definition) is 0. The van der Waals surface area contributed by atoms with Gasteiger partial charge in [-0.05, 0) is 39.3 Å². The minimum Gasteiger partial charge on any atom is -0.490 e. The summed E-state index contributed by atoms with van der Waals surface area (Å²) < 4.78 is 16.1. The van der Waals surface area contributed by atoms with Gasteiger partial charge in [0.05, 0.1) is 6.61 Å². The van der Waals surface area contributed by atoms with E-state index in [4.69, 9.17) is 25.8 Å². The standard InChI is InChI=1S/C21H33ClN2O4/c1-14-15(12-16(18(22)23-14)27-11-9-10-26-8)13-17(20(2,3)4)24-19(25)28-21(5,6)7/h12H,9-11,13H2,1-8H3. The van der Waals surface area contributed by atoms with Crippen LogP contribution >= 0.6 is 11.6 Å². The Kier molecular flexibility index (Phi) is 8.89. The highest BCUT2D eigenvalue weighted by Gasteiger charge is 2.24. The molecular formula is C21H33ClN2O4. The van der Waals surface area contributed by atoms with E-state index in [0.29, 0.717) is 36.2 Å². The number of aliphatic imine (C=N–C) groups is 1. The second kappa shape index (κ2) is 10.2. The fourth-order valence-electron chi connectivity index (χ4n) is 2.31. The van der Waals surface area contributed by atoms with Gasteiger partial charge >= 0.3 is 6.09 Å². The Morgan fingerprint density at radius 1 is 1.18 bits per heavy atom. The smallest absolute Gasteiger partial charge is 0.434 e. The Balaban J connectivity index is 3.09. The molecule has 0 atom stereocenters. The predicted molar refractivity (Wildman–Crippen MR) is 113 cm³/mol. The number of carbonyl (C=O) groups is 1. The fraction of sp³-hybridized carbons (Fsp3) is 0.667. The van der Waals surface area contributed by atoms with Gasteiger partial charge in [0.1, 0.15) is 5.60 Å². The highest BCUT2D eigenvalue weighted by atomic mass is 35.5. The molecule has 0 unspecified atom stereocenters. The molecule has 0 bridgehead atoms. The number of rotatable bonds is 7. The molecule has 0 aliphatic heterocycles. The molecule has 1 aromatic heterocycles. The van der Waals surface area contributed by atoms with Gasteiger partial charge in [0, 0.05) is 43.4 Å². The molecule has 0 fully saturated rings. The van der Waals surface area contributed by atoms with Crippen molar-refractivity contribution in [3.63, 3.8) is 0 Å². The van der Waals surface area contributed by atoms with Crippen LogP contribution in [0.3, 0.4) is 0 Å². The number of pyridine rings is 1. The van der Waals surface area contributed by atoms with E-state index < -0.39 is 11.7 Å². The SMILES string of the molecule is COCCCOc1cc(CC(=NC(=O)OC(C)(C)C)C(C)(C)C)c(C)nc1Cl. The predicted octanol–water partition coefficient (Wildman–Crippen LogP) is 5.42. The molecular weight excluding hydrogens is 380 g/mol. The lowest BCUT2D eigenvalue weighted by Gasteiger charge is -2.24. The Bertz CT molecular complexity index is 704. The molecule has 0 aliphatic carbocycles. The largest absolute Gasteiger partial charge is 0.490 e. The van der Waals surface area contributed by atoms with Gasteiger partial charge in [0.25, 0.3) is 0 Å². The summed E-state index contributed by atoms with van der Waals surface area (Å²) >= 11 is 6.23. The summed E-state index contributed by atoms with van der Waals surface area (Å²) in [5.74, 6) is 0.517. The van der Waals surface area contributed by atoms with Crippen molar-refractivity contribution in [2.45, 2.75) is 66.9 Å². The third kappa shape index (κ3) is 8.57. The van der Waals surface area contributed by atoms with E-state index in [2.05, 4.69) is 9.98 Å². The maximum absolute atomic E-state index is 12.2. The molecule has 1 rings (SSSR count). The van der Waals surface area contributed by atoms with Crippen LogP contribution in [0.4, 0.5) is 4.79 Å². The van der Waals surface area contributed by atoms with E-state index >= 15 is 0 Å². The van der Waals surface area contributed by atoms with Crippen molar-refractivity contribution in [1.29, 1.82) is 0 Å². The zero-order chi connectivity index (χ0) is 21.5. The zero-order valence-electron chi connectivity index (χ0n) is 18.3. The Labute approximate surface area is 173 Å². The van der Waals surface area contributed by atoms with Crippen molar-refractivity contribution >= 4 is 23.4 Å². The van der Waals surface area contributed by atoms with Gasteiger partial charge in [-0.2, -0.15) is 4.99 Å².